The molecule has 1 fully saturated rings. The number of nitrogens with one attached hydrogen (secondary N) is 1. The van der Waals surface area contributed by atoms with E-state index in [-0.39, 0.29) is 11.9 Å². The maximum Gasteiger partial charge on any atom is 0.246 e. The average molecular weight is 332 g/mol. The standard InChI is InChI=1S/C18H25FN4O/c19-16-7-17(23(12-16)11-14-8-20-13-21-9-14)10-22-18(24)15-5-3-1-2-4-6-15/h5,8-9,13,16-17H,1-4,6-7,10-12H2,(H,22,24)/t16-,17-/m0/s1. The summed E-state index contributed by atoms with van der Waals surface area (Å²) in [7, 11) is 0. The monoisotopic (exact) mass is 332 g/mol. The van der Waals surface area contributed by atoms with Crippen LogP contribution in [0.2, 0.25) is 0 Å². The number of nitrogens with zero attached hydrogens (tertiary/aromatic N) is 3. The lowest BCUT2D eigenvalue weighted by Gasteiger charge is -2.24. The third-order valence-electron chi connectivity index (χ3n) is 4.81. The molecule has 2 heterocycles. The van der Waals surface area contributed by atoms with Gasteiger partial charge >= 0.3 is 0 Å². The molecule has 1 aromatic rings. The van der Waals surface area contributed by atoms with Crippen molar-refractivity contribution >= 4 is 5.91 Å². The third kappa shape index (κ3) is 4.60. The molecule has 0 spiro atoms. The SMILES string of the molecule is O=C(NC[C@@H]1C[C@H](F)CN1Cc1cncnc1)C1=CCCCCC1. The molecule has 1 amide bonds. The minimum Gasteiger partial charge on any atom is -0.351 e. The van der Waals surface area contributed by atoms with E-state index < -0.39 is 6.17 Å². The fourth-order valence-electron chi connectivity index (χ4n) is 3.52. The van der Waals surface area contributed by atoms with Gasteiger partial charge in [0, 0.05) is 49.2 Å². The van der Waals surface area contributed by atoms with Gasteiger partial charge in [0.15, 0.2) is 0 Å². The molecule has 0 bridgehead atoms. The van der Waals surface area contributed by atoms with Crippen LogP contribution in [0.25, 0.3) is 0 Å². The maximum atomic E-state index is 13.9. The Morgan fingerprint density at radius 2 is 2.12 bits per heavy atom. The van der Waals surface area contributed by atoms with Crippen molar-refractivity contribution in [1.29, 1.82) is 0 Å². The predicted molar refractivity (Wildman–Crippen MR) is 89.9 cm³/mol. The number of carbonyl (C=O) groups is 1. The molecule has 0 aromatic carbocycles. The molecule has 24 heavy (non-hydrogen) atoms. The molecule has 0 saturated carbocycles. The summed E-state index contributed by atoms with van der Waals surface area (Å²) in [6, 6.07) is 0.0236. The second-order valence-electron chi connectivity index (χ2n) is 6.70. The molecule has 2 atom stereocenters. The first kappa shape index (κ1) is 17.0. The number of alkyl halides is 1. The zero-order valence-corrected chi connectivity index (χ0v) is 14.0. The summed E-state index contributed by atoms with van der Waals surface area (Å²) in [5.74, 6) is 0.0159. The van der Waals surface area contributed by atoms with Crippen LogP contribution in [0.15, 0.2) is 30.4 Å². The summed E-state index contributed by atoms with van der Waals surface area (Å²) in [6.07, 6.45) is 12.0. The number of carbonyl (C=O) groups excluding carboxylic acids is 1. The zero-order chi connectivity index (χ0) is 16.8. The van der Waals surface area contributed by atoms with Crippen LogP contribution in [-0.4, -0.2) is 46.1 Å². The van der Waals surface area contributed by atoms with Crippen molar-refractivity contribution < 1.29 is 9.18 Å². The Labute approximate surface area is 142 Å². The number of likely N-dealkylation sites (tertiary alicyclic amines) is 1. The smallest absolute Gasteiger partial charge is 0.246 e. The van der Waals surface area contributed by atoms with Crippen LogP contribution in [0.5, 0.6) is 0 Å². The predicted octanol–water partition coefficient (Wildman–Crippen LogP) is 2.40. The van der Waals surface area contributed by atoms with Gasteiger partial charge in [-0.1, -0.05) is 12.5 Å². The zero-order valence-electron chi connectivity index (χ0n) is 14.0. The number of aromatic nitrogens is 2. The van der Waals surface area contributed by atoms with Gasteiger partial charge in [-0.3, -0.25) is 9.69 Å². The van der Waals surface area contributed by atoms with E-state index in [1.54, 1.807) is 12.4 Å². The van der Waals surface area contributed by atoms with Gasteiger partial charge in [-0.2, -0.15) is 0 Å². The largest absolute Gasteiger partial charge is 0.351 e. The highest BCUT2D eigenvalue weighted by Crippen LogP contribution is 2.22. The highest BCUT2D eigenvalue weighted by atomic mass is 19.1. The molecule has 3 rings (SSSR count). The Morgan fingerprint density at radius 1 is 1.29 bits per heavy atom. The summed E-state index contributed by atoms with van der Waals surface area (Å²) < 4.78 is 13.9. The van der Waals surface area contributed by atoms with Crippen LogP contribution in [0.4, 0.5) is 4.39 Å². The number of amides is 1. The first-order valence-electron chi connectivity index (χ1n) is 8.81. The topological polar surface area (TPSA) is 58.1 Å². The average Bonchev–Trinajstić information content (AvgIpc) is 2.79. The molecule has 1 aliphatic carbocycles. The molecule has 1 aliphatic heterocycles. The molecule has 5 nitrogen and oxygen atoms in total. The quantitative estimate of drug-likeness (QED) is 0.899. The van der Waals surface area contributed by atoms with Crippen LogP contribution in [0.1, 0.15) is 44.1 Å². The van der Waals surface area contributed by atoms with Gasteiger partial charge in [-0.25, -0.2) is 14.4 Å². The summed E-state index contributed by atoms with van der Waals surface area (Å²) in [4.78, 5) is 22.4. The Bertz CT molecular complexity index is 578. The van der Waals surface area contributed by atoms with Crippen LogP contribution in [-0.2, 0) is 11.3 Å². The Balaban J connectivity index is 1.54. The van der Waals surface area contributed by atoms with E-state index in [0.29, 0.717) is 26.1 Å². The van der Waals surface area contributed by atoms with Gasteiger partial charge in [0.1, 0.15) is 12.5 Å². The number of allylic oxidation sites excluding steroid dienone is 1. The fraction of sp³-hybridized carbons (Fsp3) is 0.611. The second-order valence-corrected chi connectivity index (χ2v) is 6.70. The molecule has 1 aromatic heterocycles. The van der Waals surface area contributed by atoms with E-state index in [0.717, 1.165) is 36.8 Å². The lowest BCUT2D eigenvalue weighted by atomic mass is 10.1. The summed E-state index contributed by atoms with van der Waals surface area (Å²) in [6.45, 7) is 1.51. The first-order chi connectivity index (χ1) is 11.7. The number of hydrogen-bond donors (Lipinski definition) is 1. The van der Waals surface area contributed by atoms with Crippen LogP contribution in [0, 0.1) is 0 Å². The van der Waals surface area contributed by atoms with Crippen LogP contribution in [0.3, 0.4) is 0 Å². The lowest BCUT2D eigenvalue weighted by molar-refractivity contribution is -0.117. The van der Waals surface area contributed by atoms with Gasteiger partial charge in [0.25, 0.3) is 0 Å². The summed E-state index contributed by atoms with van der Waals surface area (Å²) >= 11 is 0. The molecule has 1 N–H and O–H groups in total. The van der Waals surface area contributed by atoms with Crippen molar-refractivity contribution in [2.75, 3.05) is 13.1 Å². The molecule has 130 valence electrons. The van der Waals surface area contributed by atoms with Crippen LogP contribution < -0.4 is 5.32 Å². The van der Waals surface area contributed by atoms with Gasteiger partial charge in [-0.05, 0) is 32.1 Å². The van der Waals surface area contributed by atoms with Crippen molar-refractivity contribution in [2.24, 2.45) is 0 Å². The van der Waals surface area contributed by atoms with E-state index in [9.17, 15) is 9.18 Å². The first-order valence-corrected chi connectivity index (χ1v) is 8.81. The minimum atomic E-state index is -0.839. The van der Waals surface area contributed by atoms with Gasteiger partial charge < -0.3 is 5.32 Å². The van der Waals surface area contributed by atoms with Crippen molar-refractivity contribution in [2.45, 2.75) is 57.3 Å². The van der Waals surface area contributed by atoms with E-state index in [1.165, 1.54) is 12.7 Å². The Hall–Kier alpha value is -1.82. The van der Waals surface area contributed by atoms with Crippen LogP contribution >= 0.6 is 0 Å². The van der Waals surface area contributed by atoms with Crippen molar-refractivity contribution in [3.05, 3.63) is 35.9 Å². The molecule has 0 radical (unpaired) electrons. The van der Waals surface area contributed by atoms with Gasteiger partial charge in [-0.15, -0.1) is 0 Å². The van der Waals surface area contributed by atoms with Crippen molar-refractivity contribution in [1.82, 2.24) is 20.2 Å². The van der Waals surface area contributed by atoms with E-state index in [4.69, 9.17) is 0 Å². The van der Waals surface area contributed by atoms with Gasteiger partial charge in [0.05, 0.1) is 0 Å². The Morgan fingerprint density at radius 3 is 2.96 bits per heavy atom. The summed E-state index contributed by atoms with van der Waals surface area (Å²) in [5.41, 5.74) is 1.86. The molecular formula is C18H25FN4O. The number of hydrogen-bond acceptors (Lipinski definition) is 4. The molecule has 1 saturated heterocycles. The molecule has 6 heteroatoms. The normalized spacial score (nSPS) is 25.1. The van der Waals surface area contributed by atoms with Crippen molar-refractivity contribution in [3.63, 3.8) is 0 Å². The van der Waals surface area contributed by atoms with E-state index in [1.807, 2.05) is 0 Å². The highest BCUT2D eigenvalue weighted by Gasteiger charge is 2.32. The Kier molecular flexibility index (Phi) is 5.91. The molecule has 2 aliphatic rings. The van der Waals surface area contributed by atoms with Crippen molar-refractivity contribution in [3.8, 4) is 0 Å². The number of rotatable bonds is 5. The maximum absolute atomic E-state index is 13.9. The third-order valence-corrected chi connectivity index (χ3v) is 4.81. The lowest BCUT2D eigenvalue weighted by Crippen LogP contribution is -2.40. The van der Waals surface area contributed by atoms with E-state index in [2.05, 4.69) is 26.3 Å². The number of halogens is 1. The molecule has 0 unspecified atom stereocenters. The molecular weight excluding hydrogens is 307 g/mol. The summed E-state index contributed by atoms with van der Waals surface area (Å²) in [5, 5.41) is 3.01. The second kappa shape index (κ2) is 8.33. The highest BCUT2D eigenvalue weighted by molar-refractivity contribution is 5.93. The minimum absolute atomic E-state index is 0.0159. The fourth-order valence-corrected chi connectivity index (χ4v) is 3.52. The van der Waals surface area contributed by atoms with Gasteiger partial charge in [0.2, 0.25) is 5.91 Å². The van der Waals surface area contributed by atoms with E-state index >= 15 is 0 Å².